The third-order valence-electron chi connectivity index (χ3n) is 1.90. The Balaban J connectivity index is 2.56. The van der Waals surface area contributed by atoms with E-state index in [1.807, 2.05) is 13.8 Å². The van der Waals surface area contributed by atoms with Gasteiger partial charge in [-0.1, -0.05) is 22.9 Å². The summed E-state index contributed by atoms with van der Waals surface area (Å²) >= 11 is 3.20. The predicted molar refractivity (Wildman–Crippen MR) is 62.7 cm³/mol. The highest BCUT2D eigenvalue weighted by atomic mass is 79.9. The van der Waals surface area contributed by atoms with E-state index < -0.39 is 0 Å². The molecule has 0 saturated carbocycles. The van der Waals surface area contributed by atoms with Crippen molar-refractivity contribution < 1.29 is 9.13 Å². The van der Waals surface area contributed by atoms with Crippen molar-refractivity contribution in [3.8, 4) is 5.75 Å². The number of hydrogen-bond donors (Lipinski definition) is 1. The number of likely N-dealkylation sites (N-methyl/N-ethyl adjacent to an activating group) is 1. The third kappa shape index (κ3) is 4.18. The molecule has 0 radical (unpaired) electrons. The summed E-state index contributed by atoms with van der Waals surface area (Å²) in [5.41, 5.74) is 0. The summed E-state index contributed by atoms with van der Waals surface area (Å²) in [5, 5.41) is 3.14. The fourth-order valence-electron chi connectivity index (χ4n) is 1.18. The molecule has 0 spiro atoms. The minimum absolute atomic E-state index is 0.0411. The zero-order valence-corrected chi connectivity index (χ0v) is 10.5. The number of rotatable bonds is 5. The van der Waals surface area contributed by atoms with Gasteiger partial charge in [-0.2, -0.15) is 0 Å². The topological polar surface area (TPSA) is 21.3 Å². The van der Waals surface area contributed by atoms with E-state index in [9.17, 15) is 4.39 Å². The van der Waals surface area contributed by atoms with Crippen molar-refractivity contribution in [2.45, 2.75) is 20.0 Å². The molecule has 0 aliphatic rings. The Kier molecular flexibility index (Phi) is 5.05. The van der Waals surface area contributed by atoms with E-state index in [1.165, 1.54) is 6.07 Å². The smallest absolute Gasteiger partial charge is 0.166 e. The van der Waals surface area contributed by atoms with E-state index in [1.54, 1.807) is 12.1 Å². The van der Waals surface area contributed by atoms with E-state index >= 15 is 0 Å². The van der Waals surface area contributed by atoms with Crippen molar-refractivity contribution in [1.29, 1.82) is 0 Å². The lowest BCUT2D eigenvalue weighted by Crippen LogP contribution is -2.28. The van der Waals surface area contributed by atoms with Gasteiger partial charge in [-0.05, 0) is 31.7 Å². The molecule has 15 heavy (non-hydrogen) atoms. The van der Waals surface area contributed by atoms with Gasteiger partial charge in [0.05, 0.1) is 0 Å². The molecule has 1 aromatic carbocycles. The van der Waals surface area contributed by atoms with Gasteiger partial charge in [0.15, 0.2) is 11.6 Å². The lowest BCUT2D eigenvalue weighted by Gasteiger charge is -2.15. The van der Waals surface area contributed by atoms with E-state index in [0.717, 1.165) is 6.54 Å². The monoisotopic (exact) mass is 275 g/mol. The van der Waals surface area contributed by atoms with Gasteiger partial charge in [0.25, 0.3) is 0 Å². The van der Waals surface area contributed by atoms with E-state index in [4.69, 9.17) is 4.74 Å². The first-order valence-corrected chi connectivity index (χ1v) is 5.75. The first-order valence-electron chi connectivity index (χ1n) is 4.96. The van der Waals surface area contributed by atoms with Crippen molar-refractivity contribution in [3.05, 3.63) is 28.5 Å². The summed E-state index contributed by atoms with van der Waals surface area (Å²) in [6.45, 7) is 5.53. The molecule has 0 saturated heterocycles. The molecular weight excluding hydrogens is 261 g/mol. The maximum absolute atomic E-state index is 13.4. The van der Waals surface area contributed by atoms with Gasteiger partial charge in [-0.25, -0.2) is 4.39 Å². The Bertz CT molecular complexity index is 319. The van der Waals surface area contributed by atoms with Crippen molar-refractivity contribution in [2.75, 3.05) is 13.1 Å². The average Bonchev–Trinajstić information content (AvgIpc) is 2.19. The van der Waals surface area contributed by atoms with Crippen molar-refractivity contribution in [1.82, 2.24) is 5.32 Å². The van der Waals surface area contributed by atoms with Crippen LogP contribution in [0.2, 0.25) is 0 Å². The van der Waals surface area contributed by atoms with Crippen LogP contribution in [0.4, 0.5) is 4.39 Å². The van der Waals surface area contributed by atoms with Crippen LogP contribution in [0.1, 0.15) is 13.8 Å². The number of ether oxygens (including phenoxy) is 1. The Hall–Kier alpha value is -0.610. The van der Waals surface area contributed by atoms with E-state index in [-0.39, 0.29) is 11.9 Å². The molecule has 84 valence electrons. The summed E-state index contributed by atoms with van der Waals surface area (Å²) < 4.78 is 19.5. The molecule has 0 aromatic heterocycles. The molecule has 0 heterocycles. The number of halogens is 2. The molecule has 4 heteroatoms. The van der Waals surface area contributed by atoms with Crippen LogP contribution in [0.3, 0.4) is 0 Å². The molecule has 1 aromatic rings. The van der Waals surface area contributed by atoms with Gasteiger partial charge in [0.1, 0.15) is 6.10 Å². The van der Waals surface area contributed by atoms with Crippen LogP contribution in [-0.4, -0.2) is 19.2 Å². The normalized spacial score (nSPS) is 12.5. The number of nitrogens with one attached hydrogen (secondary N) is 1. The van der Waals surface area contributed by atoms with E-state index in [0.29, 0.717) is 16.8 Å². The maximum atomic E-state index is 13.4. The quantitative estimate of drug-likeness (QED) is 0.892. The van der Waals surface area contributed by atoms with Gasteiger partial charge >= 0.3 is 0 Å². The summed E-state index contributed by atoms with van der Waals surface area (Å²) in [6, 6.07) is 4.79. The average molecular weight is 276 g/mol. The highest BCUT2D eigenvalue weighted by molar-refractivity contribution is 9.10. The third-order valence-corrected chi connectivity index (χ3v) is 2.40. The van der Waals surface area contributed by atoms with Crippen LogP contribution in [0.25, 0.3) is 0 Å². The Morgan fingerprint density at radius 3 is 2.87 bits per heavy atom. The molecule has 0 aliphatic heterocycles. The number of hydrogen-bond acceptors (Lipinski definition) is 2. The van der Waals surface area contributed by atoms with Crippen LogP contribution in [-0.2, 0) is 0 Å². The highest BCUT2D eigenvalue weighted by Crippen LogP contribution is 2.22. The molecular formula is C11H15BrFNO. The molecule has 0 bridgehead atoms. The van der Waals surface area contributed by atoms with Gasteiger partial charge in [0, 0.05) is 11.0 Å². The van der Waals surface area contributed by atoms with E-state index in [2.05, 4.69) is 21.2 Å². The van der Waals surface area contributed by atoms with Crippen LogP contribution in [0.5, 0.6) is 5.75 Å². The molecule has 1 unspecified atom stereocenters. The summed E-state index contributed by atoms with van der Waals surface area (Å²) in [7, 11) is 0. The summed E-state index contributed by atoms with van der Waals surface area (Å²) in [5.74, 6) is -0.0451. The van der Waals surface area contributed by atoms with Gasteiger partial charge in [0.2, 0.25) is 0 Å². The van der Waals surface area contributed by atoms with Crippen molar-refractivity contribution in [2.24, 2.45) is 0 Å². The fraction of sp³-hybridized carbons (Fsp3) is 0.455. The second-order valence-corrected chi connectivity index (χ2v) is 4.23. The molecule has 0 fully saturated rings. The molecule has 2 nitrogen and oxygen atoms in total. The summed E-state index contributed by atoms with van der Waals surface area (Å²) in [6.07, 6.45) is -0.0411. The lowest BCUT2D eigenvalue weighted by molar-refractivity contribution is 0.208. The summed E-state index contributed by atoms with van der Waals surface area (Å²) in [4.78, 5) is 0. The highest BCUT2D eigenvalue weighted by Gasteiger charge is 2.08. The Morgan fingerprint density at radius 2 is 2.27 bits per heavy atom. The zero-order valence-electron chi connectivity index (χ0n) is 8.89. The minimum Gasteiger partial charge on any atom is -0.486 e. The second-order valence-electron chi connectivity index (χ2n) is 3.31. The van der Waals surface area contributed by atoms with Gasteiger partial charge < -0.3 is 10.1 Å². The largest absolute Gasteiger partial charge is 0.486 e. The van der Waals surface area contributed by atoms with Gasteiger partial charge in [-0.3, -0.25) is 0 Å². The lowest BCUT2D eigenvalue weighted by atomic mass is 10.3. The van der Waals surface area contributed by atoms with Crippen molar-refractivity contribution >= 4 is 15.9 Å². The Morgan fingerprint density at radius 1 is 1.53 bits per heavy atom. The van der Waals surface area contributed by atoms with Crippen LogP contribution < -0.4 is 10.1 Å². The maximum Gasteiger partial charge on any atom is 0.166 e. The second kappa shape index (κ2) is 6.08. The predicted octanol–water partition coefficient (Wildman–Crippen LogP) is 2.97. The molecule has 1 atom stereocenters. The minimum atomic E-state index is -0.340. The fourth-order valence-corrected chi connectivity index (χ4v) is 1.51. The first-order chi connectivity index (χ1) is 7.13. The zero-order chi connectivity index (χ0) is 11.3. The molecule has 1 rings (SSSR count). The molecule has 1 N–H and O–H groups in total. The number of benzene rings is 1. The first kappa shape index (κ1) is 12.5. The molecule has 0 aliphatic carbocycles. The SMILES string of the molecule is CCNCC(C)Oc1ccc(Br)cc1F. The van der Waals surface area contributed by atoms with Crippen LogP contribution in [0, 0.1) is 5.82 Å². The van der Waals surface area contributed by atoms with Gasteiger partial charge in [-0.15, -0.1) is 0 Å². The van der Waals surface area contributed by atoms with Crippen molar-refractivity contribution in [3.63, 3.8) is 0 Å². The standard InChI is InChI=1S/C11H15BrFNO/c1-3-14-7-8(2)15-11-5-4-9(12)6-10(11)13/h4-6,8,14H,3,7H2,1-2H3. The van der Waals surface area contributed by atoms with Crippen LogP contribution >= 0.6 is 15.9 Å². The van der Waals surface area contributed by atoms with Crippen LogP contribution in [0.15, 0.2) is 22.7 Å². The molecule has 0 amide bonds. The Labute approximate surface area is 98.0 Å².